The number of fused-ring (bicyclic) bond motifs is 1. The third-order valence-corrected chi connectivity index (χ3v) is 7.83. The fraction of sp³-hybridized carbons (Fsp3) is 0.258. The molecule has 1 aliphatic rings. The summed E-state index contributed by atoms with van der Waals surface area (Å²) >= 11 is 1.65. The molecule has 4 aromatic rings. The number of nitrogens with zero attached hydrogens (tertiary/aromatic N) is 2. The lowest BCUT2D eigenvalue weighted by atomic mass is 9.87. The van der Waals surface area contributed by atoms with Crippen molar-refractivity contribution in [2.24, 2.45) is 0 Å². The number of thioether (sulfide) groups is 1. The molecule has 1 atom stereocenters. The first kappa shape index (κ1) is 26.7. The molecule has 1 unspecified atom stereocenters. The maximum atomic E-state index is 12.7. The zero-order valence-corrected chi connectivity index (χ0v) is 22.4. The van der Waals surface area contributed by atoms with Crippen molar-refractivity contribution in [2.75, 3.05) is 13.2 Å². The van der Waals surface area contributed by atoms with Crippen molar-refractivity contribution < 1.29 is 19.4 Å². The molecule has 0 spiro atoms. The van der Waals surface area contributed by atoms with Crippen molar-refractivity contribution in [1.29, 1.82) is 0 Å². The molecule has 5 rings (SSSR count). The van der Waals surface area contributed by atoms with Gasteiger partial charge in [-0.05, 0) is 60.4 Å². The molecule has 0 aliphatic heterocycles. The third kappa shape index (κ3) is 6.58. The van der Waals surface area contributed by atoms with Gasteiger partial charge in [0.15, 0.2) is 5.78 Å². The SMILES string of the molecule is O=C(NCCO)c1ccc(SCc2c(OC(Cn3ccnc3)c3ccccc3)ccc3c2CCCC3=O)cc1. The van der Waals surface area contributed by atoms with E-state index in [0.29, 0.717) is 24.3 Å². The zero-order chi connectivity index (χ0) is 27.0. The van der Waals surface area contributed by atoms with E-state index in [-0.39, 0.29) is 30.9 Å². The monoisotopic (exact) mass is 541 g/mol. The summed E-state index contributed by atoms with van der Waals surface area (Å²) in [5.74, 6) is 1.39. The van der Waals surface area contributed by atoms with Crippen LogP contribution in [-0.2, 0) is 18.7 Å². The number of hydrogen-bond donors (Lipinski definition) is 2. The van der Waals surface area contributed by atoms with E-state index < -0.39 is 0 Å². The number of imidazole rings is 1. The van der Waals surface area contributed by atoms with Gasteiger partial charge < -0.3 is 19.7 Å². The number of ketones is 1. The van der Waals surface area contributed by atoms with Crippen molar-refractivity contribution in [2.45, 2.75) is 42.6 Å². The summed E-state index contributed by atoms with van der Waals surface area (Å²) in [4.78, 5) is 30.1. The molecule has 1 aromatic heterocycles. The summed E-state index contributed by atoms with van der Waals surface area (Å²) in [5, 5.41) is 11.6. The Hall–Kier alpha value is -3.88. The van der Waals surface area contributed by atoms with Crippen molar-refractivity contribution in [3.8, 4) is 5.75 Å². The molecule has 2 N–H and O–H groups in total. The van der Waals surface area contributed by atoms with Gasteiger partial charge >= 0.3 is 0 Å². The number of nitrogens with one attached hydrogen (secondary N) is 1. The van der Waals surface area contributed by atoms with Crippen molar-refractivity contribution in [3.05, 3.63) is 113 Å². The lowest BCUT2D eigenvalue weighted by Gasteiger charge is -2.25. The van der Waals surface area contributed by atoms with Crippen LogP contribution < -0.4 is 10.1 Å². The van der Waals surface area contributed by atoms with E-state index in [9.17, 15) is 9.59 Å². The van der Waals surface area contributed by atoms with Gasteiger partial charge in [0, 0.05) is 52.7 Å². The number of ether oxygens (including phenoxy) is 1. The van der Waals surface area contributed by atoms with E-state index in [1.54, 1.807) is 36.4 Å². The number of aliphatic hydroxyl groups excluding tert-OH is 1. The van der Waals surface area contributed by atoms with Gasteiger partial charge in [-0.3, -0.25) is 9.59 Å². The van der Waals surface area contributed by atoms with E-state index >= 15 is 0 Å². The molecule has 200 valence electrons. The second-order valence-electron chi connectivity index (χ2n) is 9.41. The third-order valence-electron chi connectivity index (χ3n) is 6.79. The van der Waals surface area contributed by atoms with Crippen LogP contribution in [-0.4, -0.2) is 39.5 Å². The first-order chi connectivity index (χ1) is 19.1. The van der Waals surface area contributed by atoms with Gasteiger partial charge in [-0.1, -0.05) is 30.3 Å². The lowest BCUT2D eigenvalue weighted by Crippen LogP contribution is -2.26. The number of aliphatic hydroxyl groups is 1. The molecule has 1 heterocycles. The minimum atomic E-state index is -0.238. The molecule has 8 heteroatoms. The number of hydrogen-bond acceptors (Lipinski definition) is 6. The number of carbonyl (C=O) groups is 2. The molecule has 0 fully saturated rings. The Balaban J connectivity index is 1.42. The Morgan fingerprint density at radius 2 is 1.90 bits per heavy atom. The molecule has 1 aliphatic carbocycles. The number of aromatic nitrogens is 2. The van der Waals surface area contributed by atoms with Crippen LogP contribution in [0, 0.1) is 0 Å². The first-order valence-electron chi connectivity index (χ1n) is 13.1. The van der Waals surface area contributed by atoms with Gasteiger partial charge in [0.1, 0.15) is 11.9 Å². The van der Waals surface area contributed by atoms with E-state index in [2.05, 4.69) is 22.4 Å². The number of rotatable bonds is 11. The van der Waals surface area contributed by atoms with Crippen LogP contribution in [0.25, 0.3) is 0 Å². The van der Waals surface area contributed by atoms with Gasteiger partial charge in [0.05, 0.1) is 19.5 Å². The molecule has 0 radical (unpaired) electrons. The normalized spacial score (nSPS) is 13.5. The minimum Gasteiger partial charge on any atom is -0.484 e. The number of carbonyl (C=O) groups excluding carboxylic acids is 2. The average molecular weight is 542 g/mol. The summed E-state index contributed by atoms with van der Waals surface area (Å²) in [6.07, 6.45) is 7.49. The molecular formula is C31H31N3O4S. The van der Waals surface area contributed by atoms with E-state index in [0.717, 1.165) is 45.7 Å². The van der Waals surface area contributed by atoms with Crippen molar-refractivity contribution in [1.82, 2.24) is 14.9 Å². The Kier molecular flexibility index (Phi) is 8.75. The van der Waals surface area contributed by atoms with Crippen LogP contribution >= 0.6 is 11.8 Å². The Bertz CT molecular complexity index is 1410. The zero-order valence-electron chi connectivity index (χ0n) is 21.6. The summed E-state index contributed by atoms with van der Waals surface area (Å²) < 4.78 is 8.74. The highest BCUT2D eigenvalue weighted by molar-refractivity contribution is 7.98. The molecule has 7 nitrogen and oxygen atoms in total. The Morgan fingerprint density at radius 1 is 1.08 bits per heavy atom. The summed E-state index contributed by atoms with van der Waals surface area (Å²) in [5.41, 5.74) is 4.52. The Morgan fingerprint density at radius 3 is 2.64 bits per heavy atom. The van der Waals surface area contributed by atoms with Crippen LogP contribution in [0.4, 0.5) is 0 Å². The predicted octanol–water partition coefficient (Wildman–Crippen LogP) is 5.24. The summed E-state index contributed by atoms with van der Waals surface area (Å²) in [7, 11) is 0. The second-order valence-corrected chi connectivity index (χ2v) is 10.5. The first-order valence-corrected chi connectivity index (χ1v) is 14.1. The fourth-order valence-corrected chi connectivity index (χ4v) is 5.75. The Labute approximate surface area is 232 Å². The van der Waals surface area contributed by atoms with Crippen LogP contribution in [0.3, 0.4) is 0 Å². The molecule has 1 amide bonds. The van der Waals surface area contributed by atoms with E-state index in [1.807, 2.05) is 53.2 Å². The average Bonchev–Trinajstić information content (AvgIpc) is 3.49. The highest BCUT2D eigenvalue weighted by atomic mass is 32.2. The van der Waals surface area contributed by atoms with Crippen LogP contribution in [0.15, 0.2) is 90.3 Å². The largest absolute Gasteiger partial charge is 0.484 e. The fourth-order valence-electron chi connectivity index (χ4n) is 4.79. The highest BCUT2D eigenvalue weighted by Crippen LogP contribution is 2.38. The van der Waals surface area contributed by atoms with Crippen molar-refractivity contribution >= 4 is 23.5 Å². The van der Waals surface area contributed by atoms with Crippen molar-refractivity contribution in [3.63, 3.8) is 0 Å². The predicted molar refractivity (Wildman–Crippen MR) is 151 cm³/mol. The maximum Gasteiger partial charge on any atom is 0.251 e. The molecule has 3 aromatic carbocycles. The number of benzene rings is 3. The van der Waals surface area contributed by atoms with E-state index in [4.69, 9.17) is 9.84 Å². The molecular weight excluding hydrogens is 510 g/mol. The van der Waals surface area contributed by atoms with E-state index in [1.165, 1.54) is 0 Å². The topological polar surface area (TPSA) is 93.4 Å². The second kappa shape index (κ2) is 12.8. The molecule has 39 heavy (non-hydrogen) atoms. The highest BCUT2D eigenvalue weighted by Gasteiger charge is 2.24. The van der Waals surface area contributed by atoms with Crippen LogP contribution in [0.1, 0.15) is 56.4 Å². The van der Waals surface area contributed by atoms with Gasteiger partial charge in [0.2, 0.25) is 0 Å². The smallest absolute Gasteiger partial charge is 0.251 e. The van der Waals surface area contributed by atoms with Gasteiger partial charge in [-0.25, -0.2) is 4.98 Å². The minimum absolute atomic E-state index is 0.0958. The summed E-state index contributed by atoms with van der Waals surface area (Å²) in [6.45, 7) is 0.731. The standard InChI is InChI=1S/C31H31N3O4S/c35-18-16-33-31(37)23-9-11-24(12-10-23)39-20-27-25-7-4-8-28(36)26(25)13-14-29(27)38-30(19-34-17-15-32-21-34)22-5-2-1-3-6-22/h1-3,5-6,9-15,17,21,30,35H,4,7-8,16,18-20H2,(H,33,37). The van der Waals surface area contributed by atoms with Crippen LogP contribution in [0.5, 0.6) is 5.75 Å². The number of amides is 1. The number of Topliss-reactive ketones (excluding diaryl/α,β-unsaturated/α-hetero) is 1. The summed E-state index contributed by atoms with van der Waals surface area (Å²) in [6, 6.07) is 21.4. The maximum absolute atomic E-state index is 12.7. The molecule has 0 bridgehead atoms. The van der Waals surface area contributed by atoms with Gasteiger partial charge in [-0.15, -0.1) is 11.8 Å². The molecule has 0 saturated heterocycles. The van der Waals surface area contributed by atoms with Crippen LogP contribution in [0.2, 0.25) is 0 Å². The lowest BCUT2D eigenvalue weighted by molar-refractivity contribution is 0.0942. The van der Waals surface area contributed by atoms with Gasteiger partial charge in [0.25, 0.3) is 5.91 Å². The van der Waals surface area contributed by atoms with Gasteiger partial charge in [-0.2, -0.15) is 0 Å². The molecule has 0 saturated carbocycles. The quantitative estimate of drug-likeness (QED) is 0.252.